The molecule has 3 aromatic rings. The maximum absolute atomic E-state index is 12.8. The third-order valence-corrected chi connectivity index (χ3v) is 4.73. The summed E-state index contributed by atoms with van der Waals surface area (Å²) in [4.78, 5) is 37.4. The Hall–Kier alpha value is -4.34. The van der Waals surface area contributed by atoms with Gasteiger partial charge in [-0.2, -0.15) is 5.10 Å². The van der Waals surface area contributed by atoms with Crippen LogP contribution in [0.1, 0.15) is 27.8 Å². The quantitative estimate of drug-likeness (QED) is 0.606. The van der Waals surface area contributed by atoms with Gasteiger partial charge in [0.05, 0.1) is 25.6 Å². The summed E-state index contributed by atoms with van der Waals surface area (Å²) >= 11 is 0. The molecule has 0 radical (unpaired) electrons. The van der Waals surface area contributed by atoms with Crippen LogP contribution in [0.3, 0.4) is 0 Å². The molecule has 32 heavy (non-hydrogen) atoms. The van der Waals surface area contributed by atoms with Crippen molar-refractivity contribution in [3.05, 3.63) is 53.7 Å². The predicted octanol–water partition coefficient (Wildman–Crippen LogP) is 2.80. The highest BCUT2D eigenvalue weighted by Crippen LogP contribution is 2.43. The van der Waals surface area contributed by atoms with Crippen LogP contribution in [0.25, 0.3) is 16.9 Å². The number of nitrogens with one attached hydrogen (secondary N) is 1. The lowest BCUT2D eigenvalue weighted by atomic mass is 10.0. The number of ether oxygens (including phenoxy) is 4. The van der Waals surface area contributed by atoms with Gasteiger partial charge in [-0.3, -0.25) is 4.79 Å². The molecule has 1 aliphatic rings. The Balaban J connectivity index is 2.05. The van der Waals surface area contributed by atoms with Gasteiger partial charge in [-0.15, -0.1) is 0 Å². The molecule has 0 atom stereocenters. The van der Waals surface area contributed by atoms with Gasteiger partial charge in [-0.25, -0.2) is 14.3 Å². The van der Waals surface area contributed by atoms with Crippen molar-refractivity contribution < 1.29 is 33.3 Å². The van der Waals surface area contributed by atoms with Gasteiger partial charge in [-0.1, -0.05) is 18.2 Å². The summed E-state index contributed by atoms with van der Waals surface area (Å²) in [6.45, 7) is 1.35. The van der Waals surface area contributed by atoms with E-state index in [-0.39, 0.29) is 29.7 Å². The summed E-state index contributed by atoms with van der Waals surface area (Å²) in [6.07, 6.45) is 0. The molecule has 164 valence electrons. The number of aromatic nitrogens is 2. The smallest absolute Gasteiger partial charge is 0.357 e. The number of methoxy groups -OCH3 is 2. The molecule has 10 heteroatoms. The number of esters is 2. The Labute approximate surface area is 182 Å². The first kappa shape index (κ1) is 20.9. The number of benzene rings is 2. The first-order valence-electron chi connectivity index (χ1n) is 9.51. The molecule has 2 aromatic carbocycles. The predicted molar refractivity (Wildman–Crippen MR) is 112 cm³/mol. The zero-order valence-corrected chi connectivity index (χ0v) is 17.5. The average Bonchev–Trinajstić information content (AvgIpc) is 3.42. The van der Waals surface area contributed by atoms with Gasteiger partial charge in [0.25, 0.3) is 0 Å². The van der Waals surface area contributed by atoms with Crippen molar-refractivity contribution in [2.45, 2.75) is 6.92 Å². The van der Waals surface area contributed by atoms with Gasteiger partial charge in [0.2, 0.25) is 12.7 Å². The molecule has 1 N–H and O–H groups in total. The highest BCUT2D eigenvalue weighted by atomic mass is 16.7. The summed E-state index contributed by atoms with van der Waals surface area (Å²) in [5.41, 5.74) is 1.04. The minimum Gasteiger partial charge on any atom is -0.465 e. The fourth-order valence-corrected chi connectivity index (χ4v) is 3.37. The molecular weight excluding hydrogens is 418 g/mol. The number of para-hydroxylation sites is 1. The molecule has 1 aromatic heterocycles. The molecule has 0 saturated carbocycles. The van der Waals surface area contributed by atoms with E-state index in [9.17, 15) is 14.4 Å². The molecule has 0 saturated heterocycles. The SMILES string of the molecule is COC(=O)c1c(-c2cc3c(cc2NC(C)=O)OCO3)nn(-c2ccccc2)c1C(=O)OC. The number of rotatable bonds is 5. The van der Waals surface area contributed by atoms with E-state index in [1.54, 1.807) is 42.5 Å². The molecular formula is C22H19N3O7. The van der Waals surface area contributed by atoms with Gasteiger partial charge < -0.3 is 24.3 Å². The van der Waals surface area contributed by atoms with Gasteiger partial charge in [0.15, 0.2) is 17.2 Å². The molecule has 2 heterocycles. The maximum Gasteiger partial charge on any atom is 0.357 e. The van der Waals surface area contributed by atoms with Crippen molar-refractivity contribution in [3.8, 4) is 28.4 Å². The maximum atomic E-state index is 12.8. The molecule has 4 rings (SSSR count). The molecule has 0 bridgehead atoms. The Morgan fingerprint density at radius 3 is 2.28 bits per heavy atom. The summed E-state index contributed by atoms with van der Waals surface area (Å²) in [6, 6.07) is 11.9. The minimum atomic E-state index is -0.797. The number of hydrogen-bond acceptors (Lipinski definition) is 8. The van der Waals surface area contributed by atoms with Gasteiger partial charge >= 0.3 is 11.9 Å². The third-order valence-electron chi connectivity index (χ3n) is 4.73. The van der Waals surface area contributed by atoms with Crippen LogP contribution in [-0.2, 0) is 14.3 Å². The zero-order chi connectivity index (χ0) is 22.8. The second-order valence-electron chi connectivity index (χ2n) is 6.73. The Kier molecular flexibility index (Phi) is 5.50. The van der Waals surface area contributed by atoms with E-state index < -0.39 is 11.9 Å². The van der Waals surface area contributed by atoms with Gasteiger partial charge in [0, 0.05) is 18.6 Å². The average molecular weight is 437 g/mol. The number of amides is 1. The molecule has 0 fully saturated rings. The molecule has 0 aliphatic carbocycles. The van der Waals surface area contributed by atoms with E-state index in [2.05, 4.69) is 10.4 Å². The summed E-state index contributed by atoms with van der Waals surface area (Å²) in [7, 11) is 2.40. The molecule has 0 spiro atoms. The van der Waals surface area contributed by atoms with Crippen molar-refractivity contribution in [3.63, 3.8) is 0 Å². The van der Waals surface area contributed by atoms with Crippen LogP contribution in [0.5, 0.6) is 11.5 Å². The number of hydrogen-bond donors (Lipinski definition) is 1. The van der Waals surface area contributed by atoms with Crippen LogP contribution in [0.2, 0.25) is 0 Å². The van der Waals surface area contributed by atoms with E-state index in [0.717, 1.165) is 0 Å². The van der Waals surface area contributed by atoms with Gasteiger partial charge in [-0.05, 0) is 18.2 Å². The first-order chi connectivity index (χ1) is 15.4. The van der Waals surface area contributed by atoms with Gasteiger partial charge in [0.1, 0.15) is 11.3 Å². The van der Waals surface area contributed by atoms with E-state index >= 15 is 0 Å². The van der Waals surface area contributed by atoms with Crippen LogP contribution < -0.4 is 14.8 Å². The van der Waals surface area contributed by atoms with Crippen LogP contribution in [0.15, 0.2) is 42.5 Å². The normalized spacial score (nSPS) is 11.7. The van der Waals surface area contributed by atoms with E-state index in [0.29, 0.717) is 28.4 Å². The number of fused-ring (bicyclic) bond motifs is 1. The Bertz CT molecular complexity index is 1220. The standard InChI is InChI=1S/C22H19N3O7/c1-12(26)23-15-10-17-16(31-11-32-17)9-14(15)19-18(21(27)29-2)20(22(28)30-3)25(24-19)13-7-5-4-6-8-13/h4-10H,11H2,1-3H3,(H,23,26). The second-order valence-corrected chi connectivity index (χ2v) is 6.73. The van der Waals surface area contributed by atoms with Crippen LogP contribution in [0, 0.1) is 0 Å². The number of anilines is 1. The lowest BCUT2D eigenvalue weighted by molar-refractivity contribution is -0.114. The highest BCUT2D eigenvalue weighted by molar-refractivity contribution is 6.08. The fraction of sp³-hybridized carbons (Fsp3) is 0.182. The number of carbonyl (C=O) groups excluding carboxylic acids is 3. The zero-order valence-electron chi connectivity index (χ0n) is 17.5. The van der Waals surface area contributed by atoms with Crippen molar-refractivity contribution >= 4 is 23.5 Å². The van der Waals surface area contributed by atoms with E-state index in [1.165, 1.54) is 25.8 Å². The minimum absolute atomic E-state index is 0.00796. The largest absolute Gasteiger partial charge is 0.465 e. The number of nitrogens with zero attached hydrogens (tertiary/aromatic N) is 2. The summed E-state index contributed by atoms with van der Waals surface area (Å²) < 4.78 is 22.0. The van der Waals surface area contributed by atoms with Crippen LogP contribution in [0.4, 0.5) is 5.69 Å². The first-order valence-corrected chi connectivity index (χ1v) is 9.51. The van der Waals surface area contributed by atoms with Crippen molar-refractivity contribution in [2.24, 2.45) is 0 Å². The Morgan fingerprint density at radius 2 is 1.66 bits per heavy atom. The van der Waals surface area contributed by atoms with E-state index in [4.69, 9.17) is 18.9 Å². The number of carbonyl (C=O) groups is 3. The highest BCUT2D eigenvalue weighted by Gasteiger charge is 2.33. The third kappa shape index (κ3) is 3.62. The Morgan fingerprint density at radius 1 is 1.00 bits per heavy atom. The topological polar surface area (TPSA) is 118 Å². The second kappa shape index (κ2) is 8.42. The molecule has 10 nitrogen and oxygen atoms in total. The van der Waals surface area contributed by atoms with Crippen LogP contribution >= 0.6 is 0 Å². The molecule has 1 aliphatic heterocycles. The summed E-state index contributed by atoms with van der Waals surface area (Å²) in [5, 5.41) is 7.25. The fourth-order valence-electron chi connectivity index (χ4n) is 3.37. The lowest BCUT2D eigenvalue weighted by Gasteiger charge is -2.11. The van der Waals surface area contributed by atoms with Crippen molar-refractivity contribution in [2.75, 3.05) is 26.3 Å². The molecule has 1 amide bonds. The monoisotopic (exact) mass is 437 g/mol. The summed E-state index contributed by atoms with van der Waals surface area (Å²) in [5.74, 6) is -1.10. The van der Waals surface area contributed by atoms with Crippen molar-refractivity contribution in [1.82, 2.24) is 9.78 Å². The van der Waals surface area contributed by atoms with Crippen molar-refractivity contribution in [1.29, 1.82) is 0 Å². The van der Waals surface area contributed by atoms with E-state index in [1.807, 2.05) is 0 Å². The lowest BCUT2D eigenvalue weighted by Crippen LogP contribution is -2.15. The molecule has 0 unspecified atom stereocenters. The van der Waals surface area contributed by atoms with Crippen LogP contribution in [-0.4, -0.2) is 48.6 Å².